The van der Waals surface area contributed by atoms with E-state index in [0.29, 0.717) is 36.6 Å². The molecular weight excluding hydrogens is 268 g/mol. The smallest absolute Gasteiger partial charge is 0.340 e. The first kappa shape index (κ1) is 14.9. The number of carbonyl (C=O) groups excluding carboxylic acids is 1. The van der Waals surface area contributed by atoms with Gasteiger partial charge in [-0.2, -0.15) is 5.10 Å². The van der Waals surface area contributed by atoms with E-state index in [1.54, 1.807) is 31.3 Å². The van der Waals surface area contributed by atoms with Gasteiger partial charge in [0.15, 0.2) is 0 Å². The third-order valence-electron chi connectivity index (χ3n) is 3.00. The zero-order chi connectivity index (χ0) is 15.2. The van der Waals surface area contributed by atoms with Crippen LogP contribution in [0.5, 0.6) is 0 Å². The Labute approximate surface area is 123 Å². The SMILES string of the molecule is CCOC(=O)c1cccc(N)c1NCCn1cc(C)cn1. The minimum absolute atomic E-state index is 0.333. The molecule has 0 radical (unpaired) electrons. The van der Waals surface area contributed by atoms with E-state index in [9.17, 15) is 4.79 Å². The van der Waals surface area contributed by atoms with Crippen molar-refractivity contribution in [3.63, 3.8) is 0 Å². The Morgan fingerprint density at radius 1 is 1.48 bits per heavy atom. The Bertz CT molecular complexity index is 622. The molecule has 0 aliphatic carbocycles. The molecular formula is C15H20N4O2. The van der Waals surface area contributed by atoms with Crippen LogP contribution in [0.2, 0.25) is 0 Å². The Hall–Kier alpha value is -2.50. The van der Waals surface area contributed by atoms with Crippen LogP contribution in [-0.2, 0) is 11.3 Å². The molecule has 1 aromatic heterocycles. The van der Waals surface area contributed by atoms with Crippen LogP contribution in [0, 0.1) is 6.92 Å². The van der Waals surface area contributed by atoms with Crippen LogP contribution in [-0.4, -0.2) is 28.9 Å². The van der Waals surface area contributed by atoms with Gasteiger partial charge in [0.25, 0.3) is 0 Å². The molecule has 0 saturated heterocycles. The van der Waals surface area contributed by atoms with Gasteiger partial charge in [-0.05, 0) is 31.5 Å². The van der Waals surface area contributed by atoms with Crippen molar-refractivity contribution in [2.24, 2.45) is 0 Å². The molecule has 2 aromatic rings. The molecule has 6 heteroatoms. The third-order valence-corrected chi connectivity index (χ3v) is 3.00. The molecule has 0 bridgehead atoms. The number of nitrogens with two attached hydrogens (primary N) is 1. The quantitative estimate of drug-likeness (QED) is 0.628. The lowest BCUT2D eigenvalue weighted by molar-refractivity contribution is 0.0527. The maximum Gasteiger partial charge on any atom is 0.340 e. The van der Waals surface area contributed by atoms with Gasteiger partial charge in [0.2, 0.25) is 0 Å². The molecule has 6 nitrogen and oxygen atoms in total. The summed E-state index contributed by atoms with van der Waals surface area (Å²) in [5, 5.41) is 7.40. The second-order valence-electron chi connectivity index (χ2n) is 4.70. The van der Waals surface area contributed by atoms with Crippen molar-refractivity contribution in [2.45, 2.75) is 20.4 Å². The molecule has 112 valence electrons. The Balaban J connectivity index is 2.06. The largest absolute Gasteiger partial charge is 0.462 e. The van der Waals surface area contributed by atoms with Gasteiger partial charge in [0, 0.05) is 12.7 Å². The normalized spacial score (nSPS) is 10.4. The van der Waals surface area contributed by atoms with Crippen molar-refractivity contribution in [1.29, 1.82) is 0 Å². The van der Waals surface area contributed by atoms with Gasteiger partial charge in [-0.1, -0.05) is 6.07 Å². The molecule has 21 heavy (non-hydrogen) atoms. The van der Waals surface area contributed by atoms with Crippen molar-refractivity contribution in [3.05, 3.63) is 41.7 Å². The monoisotopic (exact) mass is 288 g/mol. The minimum atomic E-state index is -0.373. The van der Waals surface area contributed by atoms with Gasteiger partial charge in [0.1, 0.15) is 0 Å². The summed E-state index contributed by atoms with van der Waals surface area (Å²) in [7, 11) is 0. The molecule has 0 aliphatic rings. The number of esters is 1. The Morgan fingerprint density at radius 3 is 2.95 bits per heavy atom. The fraction of sp³-hybridized carbons (Fsp3) is 0.333. The van der Waals surface area contributed by atoms with Crippen molar-refractivity contribution >= 4 is 17.3 Å². The summed E-state index contributed by atoms with van der Waals surface area (Å²) in [6.07, 6.45) is 3.77. The first-order chi connectivity index (χ1) is 10.1. The summed E-state index contributed by atoms with van der Waals surface area (Å²) >= 11 is 0. The first-order valence-corrected chi connectivity index (χ1v) is 6.90. The number of aryl methyl sites for hydroxylation is 1. The molecule has 2 rings (SSSR count). The number of aromatic nitrogens is 2. The highest BCUT2D eigenvalue weighted by atomic mass is 16.5. The number of nitrogens with one attached hydrogen (secondary N) is 1. The fourth-order valence-electron chi connectivity index (χ4n) is 2.03. The molecule has 0 aliphatic heterocycles. The maximum absolute atomic E-state index is 11.9. The van der Waals surface area contributed by atoms with E-state index in [0.717, 1.165) is 5.56 Å². The number of nitrogens with zero attached hydrogens (tertiary/aromatic N) is 2. The number of carbonyl (C=O) groups is 1. The predicted octanol–water partition coefficient (Wildman–Crippen LogP) is 2.06. The van der Waals surface area contributed by atoms with Crippen LogP contribution in [0.25, 0.3) is 0 Å². The average molecular weight is 288 g/mol. The highest BCUT2D eigenvalue weighted by molar-refractivity contribution is 5.98. The summed E-state index contributed by atoms with van der Waals surface area (Å²) in [5.41, 5.74) is 8.65. The van der Waals surface area contributed by atoms with E-state index in [-0.39, 0.29) is 5.97 Å². The van der Waals surface area contributed by atoms with E-state index in [1.165, 1.54) is 0 Å². The van der Waals surface area contributed by atoms with Crippen LogP contribution in [0.4, 0.5) is 11.4 Å². The number of hydrogen-bond acceptors (Lipinski definition) is 5. The van der Waals surface area contributed by atoms with Crippen molar-refractivity contribution in [1.82, 2.24) is 9.78 Å². The van der Waals surface area contributed by atoms with Crippen LogP contribution in [0.15, 0.2) is 30.6 Å². The number of para-hydroxylation sites is 1. The van der Waals surface area contributed by atoms with Crippen LogP contribution in [0.3, 0.4) is 0 Å². The predicted molar refractivity (Wildman–Crippen MR) is 82.3 cm³/mol. The lowest BCUT2D eigenvalue weighted by Gasteiger charge is -2.13. The molecule has 0 saturated carbocycles. The minimum Gasteiger partial charge on any atom is -0.462 e. The Morgan fingerprint density at radius 2 is 2.29 bits per heavy atom. The number of hydrogen-bond donors (Lipinski definition) is 2. The van der Waals surface area contributed by atoms with E-state index in [4.69, 9.17) is 10.5 Å². The number of benzene rings is 1. The summed E-state index contributed by atoms with van der Waals surface area (Å²) in [5.74, 6) is -0.373. The summed E-state index contributed by atoms with van der Waals surface area (Å²) in [6.45, 7) is 5.40. The maximum atomic E-state index is 11.9. The van der Waals surface area contributed by atoms with E-state index in [2.05, 4.69) is 10.4 Å². The zero-order valence-corrected chi connectivity index (χ0v) is 12.3. The molecule has 0 fully saturated rings. The van der Waals surface area contributed by atoms with Crippen molar-refractivity contribution in [3.8, 4) is 0 Å². The van der Waals surface area contributed by atoms with E-state index in [1.807, 2.05) is 17.8 Å². The lowest BCUT2D eigenvalue weighted by atomic mass is 10.1. The molecule has 0 atom stereocenters. The standard InChI is InChI=1S/C15H20N4O2/c1-3-21-15(20)12-5-4-6-13(16)14(12)17-7-8-19-10-11(2)9-18-19/h4-6,9-10,17H,3,7-8,16H2,1-2H3. The fourth-order valence-corrected chi connectivity index (χ4v) is 2.03. The lowest BCUT2D eigenvalue weighted by Crippen LogP contribution is -2.15. The van der Waals surface area contributed by atoms with Gasteiger partial charge >= 0.3 is 5.97 Å². The van der Waals surface area contributed by atoms with E-state index < -0.39 is 0 Å². The highest BCUT2D eigenvalue weighted by Crippen LogP contribution is 2.24. The number of anilines is 2. The highest BCUT2D eigenvalue weighted by Gasteiger charge is 2.14. The summed E-state index contributed by atoms with van der Waals surface area (Å²) in [6, 6.07) is 5.20. The van der Waals surface area contributed by atoms with Gasteiger partial charge in [0.05, 0.1) is 36.3 Å². The number of ether oxygens (including phenoxy) is 1. The van der Waals surface area contributed by atoms with Crippen molar-refractivity contribution in [2.75, 3.05) is 24.2 Å². The van der Waals surface area contributed by atoms with Crippen LogP contribution >= 0.6 is 0 Å². The molecule has 1 aromatic carbocycles. The average Bonchev–Trinajstić information content (AvgIpc) is 2.86. The molecule has 1 heterocycles. The summed E-state index contributed by atoms with van der Waals surface area (Å²) < 4.78 is 6.88. The van der Waals surface area contributed by atoms with Gasteiger partial charge in [-0.15, -0.1) is 0 Å². The Kier molecular flexibility index (Phi) is 4.81. The number of nitrogen functional groups attached to an aromatic ring is 1. The van der Waals surface area contributed by atoms with E-state index >= 15 is 0 Å². The van der Waals surface area contributed by atoms with Crippen LogP contribution in [0.1, 0.15) is 22.8 Å². The molecule has 3 N–H and O–H groups in total. The van der Waals surface area contributed by atoms with Gasteiger partial charge < -0.3 is 15.8 Å². The molecule has 0 spiro atoms. The number of rotatable bonds is 6. The zero-order valence-electron chi connectivity index (χ0n) is 12.3. The van der Waals surface area contributed by atoms with Crippen LogP contribution < -0.4 is 11.1 Å². The molecule has 0 amide bonds. The first-order valence-electron chi connectivity index (χ1n) is 6.90. The topological polar surface area (TPSA) is 82.2 Å². The van der Waals surface area contributed by atoms with Gasteiger partial charge in [-0.3, -0.25) is 4.68 Å². The second-order valence-corrected chi connectivity index (χ2v) is 4.70. The third kappa shape index (κ3) is 3.75. The summed E-state index contributed by atoms with van der Waals surface area (Å²) in [4.78, 5) is 11.9. The second kappa shape index (κ2) is 6.78. The molecule has 0 unspecified atom stereocenters. The van der Waals surface area contributed by atoms with Crippen molar-refractivity contribution < 1.29 is 9.53 Å². The van der Waals surface area contributed by atoms with Gasteiger partial charge in [-0.25, -0.2) is 4.79 Å².